The first-order valence-corrected chi connectivity index (χ1v) is 15.9. The van der Waals surface area contributed by atoms with Crippen molar-refractivity contribution in [1.29, 1.82) is 0 Å². The average molecular weight is 993 g/mol. The van der Waals surface area contributed by atoms with E-state index in [1.54, 1.807) is 0 Å². The molecule has 0 radical (unpaired) electrons. The Labute approximate surface area is 317 Å². The molecule has 2 unspecified atom stereocenters. The van der Waals surface area contributed by atoms with Gasteiger partial charge in [-0.2, -0.15) is 119 Å². The Morgan fingerprint density at radius 3 is 0.902 bits per heavy atom. The first-order chi connectivity index (χ1) is 26.4. The zero-order valence-corrected chi connectivity index (χ0v) is 28.7. The van der Waals surface area contributed by atoms with Gasteiger partial charge in [0.05, 0.1) is 51.4 Å². The minimum atomic E-state index is -7.64. The number of ether oxygens (including phenoxy) is 3. The van der Waals surface area contributed by atoms with Crippen LogP contribution in [0.25, 0.3) is 0 Å². The van der Waals surface area contributed by atoms with E-state index >= 15 is 0 Å². The van der Waals surface area contributed by atoms with E-state index < -0.39 is 157 Å². The maximum atomic E-state index is 13.8. The van der Waals surface area contributed by atoms with Gasteiger partial charge >= 0.3 is 89.7 Å². The molecule has 0 saturated heterocycles. The van der Waals surface area contributed by atoms with Crippen LogP contribution in [0.15, 0.2) is 0 Å². The van der Waals surface area contributed by atoms with Crippen LogP contribution in [0.3, 0.4) is 0 Å². The van der Waals surface area contributed by atoms with E-state index in [1.165, 1.54) is 0 Å². The summed E-state index contributed by atoms with van der Waals surface area (Å²) in [6.45, 7) is -8.10. The first kappa shape index (κ1) is 57.4. The summed E-state index contributed by atoms with van der Waals surface area (Å²) in [6, 6.07) is 0. The van der Waals surface area contributed by atoms with Crippen LogP contribution in [0.2, 0.25) is 0 Å². The lowest BCUT2D eigenvalue weighted by Crippen LogP contribution is -2.61. The van der Waals surface area contributed by atoms with Crippen molar-refractivity contribution in [1.82, 2.24) is 0 Å². The van der Waals surface area contributed by atoms with Gasteiger partial charge in [0.1, 0.15) is 10.1 Å². The molecule has 0 aromatic rings. The summed E-state index contributed by atoms with van der Waals surface area (Å²) in [5, 5.41) is -4.37. The Kier molecular flexibility index (Phi) is 16.5. The van der Waals surface area contributed by atoms with E-state index in [2.05, 4.69) is 14.2 Å². The third-order valence-electron chi connectivity index (χ3n) is 7.23. The van der Waals surface area contributed by atoms with E-state index in [-0.39, 0.29) is 0 Å². The number of alkyl halides is 27. The summed E-state index contributed by atoms with van der Waals surface area (Å²) in [5.74, 6) is -78.4. The zero-order chi connectivity index (χ0) is 49.5. The molecule has 2 atom stereocenters. The molecule has 0 spiro atoms. The topological polar surface area (TPSA) is 136 Å². The van der Waals surface area contributed by atoms with Crippen LogP contribution in [0, 0.1) is 5.92 Å². The summed E-state index contributed by atoms with van der Waals surface area (Å²) in [6.07, 6.45) is -34.7. The SMILES string of the molecule is O=C(CC(C(=O)OCCC(F)(F)C(F)(F)C(F)(F)C(F)(F)F)C(C(=O)OCCC(F)(F)C(F)(F)C(F)(F)C(F)(F)F)S(=O)(=O)[O-])OCCC(F)(F)C(F)(F)C(F)(F)C(F)(F)F. The Balaban J connectivity index is 6.77. The van der Waals surface area contributed by atoms with Crippen LogP contribution in [-0.4, -0.2) is 128 Å². The fraction of sp³-hybridized carbons (Fsp3) is 0.875. The fourth-order valence-electron chi connectivity index (χ4n) is 3.77. The number of halogens is 27. The number of rotatable bonds is 21. The molecule has 61 heavy (non-hydrogen) atoms. The second-order valence-corrected chi connectivity index (χ2v) is 13.1. The lowest BCUT2D eigenvalue weighted by Gasteiger charge is -2.34. The van der Waals surface area contributed by atoms with Gasteiger partial charge in [0.25, 0.3) is 0 Å². The van der Waals surface area contributed by atoms with E-state index in [1.807, 2.05) is 0 Å². The van der Waals surface area contributed by atoms with Crippen LogP contribution in [0.5, 0.6) is 0 Å². The molecule has 9 nitrogen and oxygen atoms in total. The van der Waals surface area contributed by atoms with Crippen molar-refractivity contribution >= 4 is 28.0 Å². The molecular weight excluding hydrogens is 977 g/mol. The summed E-state index contributed by atoms with van der Waals surface area (Å²) in [5.41, 5.74) is 0. The average Bonchev–Trinajstić information content (AvgIpc) is 3.01. The highest BCUT2D eigenvalue weighted by Crippen LogP contribution is 2.56. The van der Waals surface area contributed by atoms with Gasteiger partial charge in [-0.1, -0.05) is 0 Å². The van der Waals surface area contributed by atoms with Crippen LogP contribution < -0.4 is 0 Å². The number of carbonyl (C=O) groups is 3. The largest absolute Gasteiger partial charge is 0.747 e. The fourth-order valence-corrected chi connectivity index (χ4v) is 4.69. The van der Waals surface area contributed by atoms with E-state index in [0.29, 0.717) is 0 Å². The van der Waals surface area contributed by atoms with Crippen molar-refractivity contribution in [3.8, 4) is 0 Å². The van der Waals surface area contributed by atoms with E-state index in [4.69, 9.17) is 0 Å². The van der Waals surface area contributed by atoms with Gasteiger partial charge in [-0.3, -0.25) is 14.4 Å². The van der Waals surface area contributed by atoms with Gasteiger partial charge in [0.2, 0.25) is 0 Å². The highest BCUT2D eigenvalue weighted by molar-refractivity contribution is 7.87. The zero-order valence-electron chi connectivity index (χ0n) is 27.9. The molecule has 0 saturated carbocycles. The standard InChI is InChI=1S/C24H17F27O9S/c25-13(26,16(31,32)19(37,38)22(43,44)45)1-4-58-9(52)7-8(11(53)59-5-2-14(27,28)17(33,34)20(39,40)23(46,47)48)10(61(55,56)57)12(54)60-6-3-15(29,30)18(35,36)21(41,42)24(49,50)51/h8,10H,1-7H2,(H,55,56,57)/p-1. The van der Waals surface area contributed by atoms with Gasteiger partial charge in [-0.15, -0.1) is 0 Å². The Morgan fingerprint density at radius 1 is 0.410 bits per heavy atom. The Hall–Kier alpha value is -3.57. The van der Waals surface area contributed by atoms with Crippen molar-refractivity contribution in [3.63, 3.8) is 0 Å². The van der Waals surface area contributed by atoms with E-state index in [9.17, 15) is 146 Å². The van der Waals surface area contributed by atoms with Gasteiger partial charge < -0.3 is 18.8 Å². The molecule has 0 amide bonds. The van der Waals surface area contributed by atoms with Crippen LogP contribution in [0.1, 0.15) is 25.7 Å². The predicted octanol–water partition coefficient (Wildman–Crippen LogP) is 8.11. The van der Waals surface area contributed by atoms with Crippen molar-refractivity contribution < 1.29 is 160 Å². The number of hydrogen-bond donors (Lipinski definition) is 0. The lowest BCUT2D eigenvalue weighted by molar-refractivity contribution is -0.397. The van der Waals surface area contributed by atoms with Crippen LogP contribution in [0.4, 0.5) is 119 Å². The molecule has 0 N–H and O–H groups in total. The quantitative estimate of drug-likeness (QED) is 0.0484. The highest BCUT2D eigenvalue weighted by atomic mass is 32.2. The van der Waals surface area contributed by atoms with Crippen molar-refractivity contribution in [2.45, 2.75) is 103 Å². The lowest BCUT2D eigenvalue weighted by atomic mass is 10.00. The summed E-state index contributed by atoms with van der Waals surface area (Å²) in [7, 11) is -7.04. The minimum Gasteiger partial charge on any atom is -0.747 e. The third kappa shape index (κ3) is 11.5. The highest BCUT2D eigenvalue weighted by Gasteiger charge is 2.83. The molecule has 0 heterocycles. The molecule has 0 rings (SSSR count). The van der Waals surface area contributed by atoms with Crippen molar-refractivity contribution in [2.75, 3.05) is 19.8 Å². The molecule has 0 aliphatic rings. The molecule has 0 bridgehead atoms. The third-order valence-corrected chi connectivity index (χ3v) is 8.37. The summed E-state index contributed by atoms with van der Waals surface area (Å²) >= 11 is 0. The molecule has 0 aliphatic carbocycles. The molecular formula is C24H16F27O9S-. The second-order valence-electron chi connectivity index (χ2n) is 11.6. The molecule has 362 valence electrons. The normalized spacial score (nSPS) is 16.2. The van der Waals surface area contributed by atoms with Crippen LogP contribution in [-0.2, 0) is 38.7 Å². The molecule has 0 aromatic carbocycles. The molecule has 0 fully saturated rings. The maximum absolute atomic E-state index is 13.8. The molecule has 0 aliphatic heterocycles. The first-order valence-electron chi connectivity index (χ1n) is 14.4. The number of carbonyl (C=O) groups excluding carboxylic acids is 3. The molecule has 0 aromatic heterocycles. The smallest absolute Gasteiger partial charge is 0.460 e. The summed E-state index contributed by atoms with van der Waals surface area (Å²) < 4.78 is 398. The van der Waals surface area contributed by atoms with Gasteiger partial charge in [0.15, 0.2) is 5.25 Å². The Bertz CT molecular complexity index is 1670. The van der Waals surface area contributed by atoms with Crippen LogP contribution >= 0.6 is 0 Å². The van der Waals surface area contributed by atoms with Gasteiger partial charge in [-0.25, -0.2) is 8.42 Å². The number of hydrogen-bond acceptors (Lipinski definition) is 9. The predicted molar refractivity (Wildman–Crippen MR) is 131 cm³/mol. The van der Waals surface area contributed by atoms with Crippen molar-refractivity contribution in [3.05, 3.63) is 0 Å². The van der Waals surface area contributed by atoms with Gasteiger partial charge in [-0.05, 0) is 0 Å². The second kappa shape index (κ2) is 17.5. The summed E-state index contributed by atoms with van der Waals surface area (Å²) in [4.78, 5) is 36.9. The molecule has 37 heteroatoms. The Morgan fingerprint density at radius 2 is 0.656 bits per heavy atom. The van der Waals surface area contributed by atoms with E-state index in [0.717, 1.165) is 0 Å². The maximum Gasteiger partial charge on any atom is 0.460 e. The van der Waals surface area contributed by atoms with Crippen molar-refractivity contribution in [2.24, 2.45) is 5.92 Å². The minimum absolute atomic E-state index is 2.59. The monoisotopic (exact) mass is 993 g/mol. The van der Waals surface area contributed by atoms with Gasteiger partial charge in [0, 0.05) is 0 Å². The number of esters is 3.